The highest BCUT2D eigenvalue weighted by molar-refractivity contribution is 5.46. The molecule has 0 saturated carbocycles. The molecule has 0 aliphatic heterocycles. The first kappa shape index (κ1) is 15.7. The van der Waals surface area contributed by atoms with Crippen molar-refractivity contribution in [2.24, 2.45) is 0 Å². The Morgan fingerprint density at radius 3 is 2.79 bits per heavy atom. The number of ether oxygens (including phenoxy) is 1. The Balaban J connectivity index is 2.41. The van der Waals surface area contributed by atoms with E-state index in [0.717, 1.165) is 44.2 Å². The van der Waals surface area contributed by atoms with E-state index in [1.165, 1.54) is 0 Å². The minimum absolute atomic E-state index is 0.670. The zero-order valence-electron chi connectivity index (χ0n) is 12.4. The van der Waals surface area contributed by atoms with Gasteiger partial charge in [0.15, 0.2) is 0 Å². The van der Waals surface area contributed by atoms with Gasteiger partial charge in [-0.1, -0.05) is 0 Å². The highest BCUT2D eigenvalue weighted by Gasteiger charge is 2.03. The molecule has 2 N–H and O–H groups in total. The number of hydrogen-bond acceptors (Lipinski definition) is 6. The fourth-order valence-electron chi connectivity index (χ4n) is 1.59. The molecule has 1 heterocycles. The minimum Gasteiger partial charge on any atom is -0.383 e. The van der Waals surface area contributed by atoms with Crippen LogP contribution in [0.1, 0.15) is 12.5 Å². The van der Waals surface area contributed by atoms with E-state index in [1.807, 2.05) is 20.0 Å². The van der Waals surface area contributed by atoms with Crippen LogP contribution in [0.3, 0.4) is 0 Å². The average Bonchev–Trinajstić information content (AvgIpc) is 2.40. The SMILES string of the molecule is CCNc1ncc(C)c(NCCN(C)CCOC)n1. The van der Waals surface area contributed by atoms with Crippen LogP contribution in [0, 0.1) is 6.92 Å². The summed E-state index contributed by atoms with van der Waals surface area (Å²) in [6.07, 6.45) is 1.84. The number of nitrogens with zero attached hydrogens (tertiary/aromatic N) is 3. The van der Waals surface area contributed by atoms with E-state index in [1.54, 1.807) is 7.11 Å². The number of anilines is 2. The Morgan fingerprint density at radius 1 is 1.32 bits per heavy atom. The zero-order valence-corrected chi connectivity index (χ0v) is 12.4. The van der Waals surface area contributed by atoms with Crippen molar-refractivity contribution in [3.05, 3.63) is 11.8 Å². The van der Waals surface area contributed by atoms with Crippen molar-refractivity contribution < 1.29 is 4.74 Å². The fraction of sp³-hybridized carbons (Fsp3) is 0.692. The summed E-state index contributed by atoms with van der Waals surface area (Å²) < 4.78 is 5.05. The summed E-state index contributed by atoms with van der Waals surface area (Å²) in [6.45, 7) is 8.35. The second-order valence-electron chi connectivity index (χ2n) is 4.48. The molecule has 0 aliphatic rings. The van der Waals surface area contributed by atoms with Crippen LogP contribution in [0.5, 0.6) is 0 Å². The van der Waals surface area contributed by atoms with Crippen molar-refractivity contribution >= 4 is 11.8 Å². The van der Waals surface area contributed by atoms with Crippen molar-refractivity contribution in [3.63, 3.8) is 0 Å². The smallest absolute Gasteiger partial charge is 0.224 e. The predicted molar refractivity (Wildman–Crippen MR) is 78.8 cm³/mol. The molecular formula is C13H25N5O. The van der Waals surface area contributed by atoms with Crippen LogP contribution in [0.15, 0.2) is 6.20 Å². The molecule has 0 radical (unpaired) electrons. The van der Waals surface area contributed by atoms with Crippen molar-refractivity contribution in [1.82, 2.24) is 14.9 Å². The van der Waals surface area contributed by atoms with Crippen LogP contribution in [0.4, 0.5) is 11.8 Å². The van der Waals surface area contributed by atoms with E-state index in [0.29, 0.717) is 5.95 Å². The topological polar surface area (TPSA) is 62.3 Å². The first-order valence-corrected chi connectivity index (χ1v) is 6.66. The fourth-order valence-corrected chi connectivity index (χ4v) is 1.59. The van der Waals surface area contributed by atoms with Gasteiger partial charge < -0.3 is 20.3 Å². The molecule has 0 fully saturated rings. The first-order valence-electron chi connectivity index (χ1n) is 6.66. The number of nitrogens with one attached hydrogen (secondary N) is 2. The Bertz CT molecular complexity index is 372. The highest BCUT2D eigenvalue weighted by atomic mass is 16.5. The van der Waals surface area contributed by atoms with Crippen LogP contribution < -0.4 is 10.6 Å². The van der Waals surface area contributed by atoms with Gasteiger partial charge in [-0.25, -0.2) is 4.98 Å². The molecule has 0 amide bonds. The Kier molecular flexibility index (Phi) is 7.14. The van der Waals surface area contributed by atoms with Crippen LogP contribution in [-0.4, -0.2) is 61.8 Å². The number of aromatic nitrogens is 2. The molecule has 1 aromatic rings. The van der Waals surface area contributed by atoms with Gasteiger partial charge in [-0.15, -0.1) is 0 Å². The average molecular weight is 267 g/mol. The van der Waals surface area contributed by atoms with E-state index in [9.17, 15) is 0 Å². The molecule has 0 aliphatic carbocycles. The third-order valence-corrected chi connectivity index (χ3v) is 2.77. The van der Waals surface area contributed by atoms with Gasteiger partial charge in [0, 0.05) is 45.0 Å². The van der Waals surface area contributed by atoms with Gasteiger partial charge >= 0.3 is 0 Å². The second-order valence-corrected chi connectivity index (χ2v) is 4.48. The lowest BCUT2D eigenvalue weighted by atomic mass is 10.3. The summed E-state index contributed by atoms with van der Waals surface area (Å²) in [6, 6.07) is 0. The third kappa shape index (κ3) is 5.85. The molecule has 0 unspecified atom stereocenters. The van der Waals surface area contributed by atoms with Gasteiger partial charge in [0.1, 0.15) is 5.82 Å². The maximum absolute atomic E-state index is 5.05. The lowest BCUT2D eigenvalue weighted by Gasteiger charge is -2.17. The van der Waals surface area contributed by atoms with Gasteiger partial charge in [-0.3, -0.25) is 0 Å². The Hall–Kier alpha value is -1.40. The monoisotopic (exact) mass is 267 g/mol. The lowest BCUT2D eigenvalue weighted by Crippen LogP contribution is -2.28. The minimum atomic E-state index is 0.670. The molecule has 6 heteroatoms. The summed E-state index contributed by atoms with van der Waals surface area (Å²) in [4.78, 5) is 10.9. The van der Waals surface area contributed by atoms with E-state index < -0.39 is 0 Å². The molecule has 19 heavy (non-hydrogen) atoms. The van der Waals surface area contributed by atoms with Gasteiger partial charge in [-0.05, 0) is 20.9 Å². The zero-order chi connectivity index (χ0) is 14.1. The van der Waals surface area contributed by atoms with Crippen molar-refractivity contribution in [2.45, 2.75) is 13.8 Å². The number of aryl methyl sites for hydroxylation is 1. The van der Waals surface area contributed by atoms with Gasteiger partial charge in [-0.2, -0.15) is 4.98 Å². The number of methoxy groups -OCH3 is 1. The third-order valence-electron chi connectivity index (χ3n) is 2.77. The molecule has 0 atom stereocenters. The maximum Gasteiger partial charge on any atom is 0.224 e. The van der Waals surface area contributed by atoms with E-state index in [2.05, 4.69) is 32.5 Å². The van der Waals surface area contributed by atoms with Crippen LogP contribution in [0.25, 0.3) is 0 Å². The number of likely N-dealkylation sites (N-methyl/N-ethyl adjacent to an activating group) is 1. The Labute approximate surface area is 115 Å². The largest absolute Gasteiger partial charge is 0.383 e. The normalized spacial score (nSPS) is 10.8. The van der Waals surface area contributed by atoms with E-state index in [-0.39, 0.29) is 0 Å². The molecule has 108 valence electrons. The standard InChI is InChI=1S/C13H25N5O/c1-5-14-13-16-10-11(2)12(17-13)15-6-7-18(3)8-9-19-4/h10H,5-9H2,1-4H3,(H2,14,15,16,17). The van der Waals surface area contributed by atoms with Crippen molar-refractivity contribution in [3.8, 4) is 0 Å². The summed E-state index contributed by atoms with van der Waals surface area (Å²) in [5, 5.41) is 6.46. The molecular weight excluding hydrogens is 242 g/mol. The second kappa shape index (κ2) is 8.66. The van der Waals surface area contributed by atoms with Crippen LogP contribution in [-0.2, 0) is 4.74 Å². The number of rotatable bonds is 9. The molecule has 1 aromatic heterocycles. The van der Waals surface area contributed by atoms with Crippen molar-refractivity contribution in [2.75, 3.05) is 57.6 Å². The lowest BCUT2D eigenvalue weighted by molar-refractivity contribution is 0.163. The highest BCUT2D eigenvalue weighted by Crippen LogP contribution is 2.11. The van der Waals surface area contributed by atoms with E-state index >= 15 is 0 Å². The predicted octanol–water partition coefficient (Wildman–Crippen LogP) is 1.21. The van der Waals surface area contributed by atoms with Gasteiger partial charge in [0.2, 0.25) is 5.95 Å². The summed E-state index contributed by atoms with van der Waals surface area (Å²) in [7, 11) is 3.80. The van der Waals surface area contributed by atoms with Crippen LogP contribution in [0.2, 0.25) is 0 Å². The summed E-state index contributed by atoms with van der Waals surface area (Å²) >= 11 is 0. The molecule has 1 rings (SSSR count). The van der Waals surface area contributed by atoms with Crippen molar-refractivity contribution in [1.29, 1.82) is 0 Å². The molecule has 6 nitrogen and oxygen atoms in total. The van der Waals surface area contributed by atoms with Crippen LogP contribution >= 0.6 is 0 Å². The Morgan fingerprint density at radius 2 is 2.11 bits per heavy atom. The van der Waals surface area contributed by atoms with E-state index in [4.69, 9.17) is 4.74 Å². The van der Waals surface area contributed by atoms with Gasteiger partial charge in [0.05, 0.1) is 6.61 Å². The molecule has 0 spiro atoms. The number of hydrogen-bond donors (Lipinski definition) is 2. The quantitative estimate of drug-likeness (QED) is 0.701. The molecule has 0 aromatic carbocycles. The summed E-state index contributed by atoms with van der Waals surface area (Å²) in [5.41, 5.74) is 1.06. The first-order chi connectivity index (χ1) is 9.17. The summed E-state index contributed by atoms with van der Waals surface area (Å²) in [5.74, 6) is 1.56. The molecule has 0 saturated heterocycles. The maximum atomic E-state index is 5.05. The van der Waals surface area contributed by atoms with Gasteiger partial charge in [0.25, 0.3) is 0 Å². The molecule has 0 bridgehead atoms.